The summed E-state index contributed by atoms with van der Waals surface area (Å²) < 4.78 is 10.5. The molecule has 1 aliphatic carbocycles. The number of esters is 1. The van der Waals surface area contributed by atoms with Crippen LogP contribution in [0, 0.1) is 11.3 Å². The Morgan fingerprint density at radius 2 is 1.88 bits per heavy atom. The number of aromatic amines is 1. The number of fused-ring (bicyclic) bond motifs is 1. The summed E-state index contributed by atoms with van der Waals surface area (Å²) in [6.45, 7) is 4.30. The van der Waals surface area contributed by atoms with Gasteiger partial charge in [0.05, 0.1) is 24.8 Å². The number of methoxy groups -OCH3 is 2. The summed E-state index contributed by atoms with van der Waals surface area (Å²) in [5.74, 6) is -1.35. The summed E-state index contributed by atoms with van der Waals surface area (Å²) in [6, 6.07) is 3.38. The van der Waals surface area contributed by atoms with E-state index >= 15 is 0 Å². The van der Waals surface area contributed by atoms with Gasteiger partial charge in [0.25, 0.3) is 5.91 Å². The molecule has 3 fully saturated rings. The van der Waals surface area contributed by atoms with E-state index in [4.69, 9.17) is 21.1 Å². The van der Waals surface area contributed by atoms with Gasteiger partial charge in [-0.05, 0) is 69.6 Å². The van der Waals surface area contributed by atoms with Crippen molar-refractivity contribution in [2.24, 2.45) is 11.3 Å². The van der Waals surface area contributed by atoms with Gasteiger partial charge in [-0.1, -0.05) is 30.9 Å². The number of aromatic nitrogens is 1. The Labute approximate surface area is 244 Å². The quantitative estimate of drug-likeness (QED) is 0.421. The average molecular weight is 587 g/mol. The number of halogens is 1. The van der Waals surface area contributed by atoms with E-state index < -0.39 is 29.9 Å². The van der Waals surface area contributed by atoms with Crippen LogP contribution in [0.1, 0.15) is 75.7 Å². The highest BCUT2D eigenvalue weighted by Gasteiger charge is 2.50. The smallest absolute Gasteiger partial charge is 0.328 e. The minimum absolute atomic E-state index is 0.125. The zero-order valence-corrected chi connectivity index (χ0v) is 24.9. The number of rotatable bonds is 7. The molecular formula is C30H39ClN4O6. The van der Waals surface area contributed by atoms with Crippen LogP contribution in [0.2, 0.25) is 5.02 Å². The highest BCUT2D eigenvalue weighted by Crippen LogP contribution is 2.47. The molecule has 1 spiro atoms. The summed E-state index contributed by atoms with van der Waals surface area (Å²) in [7, 11) is 2.82. The van der Waals surface area contributed by atoms with Gasteiger partial charge in [-0.15, -0.1) is 0 Å². The van der Waals surface area contributed by atoms with E-state index in [-0.39, 0.29) is 29.2 Å². The predicted molar refractivity (Wildman–Crippen MR) is 154 cm³/mol. The van der Waals surface area contributed by atoms with Gasteiger partial charge in [-0.3, -0.25) is 14.4 Å². The van der Waals surface area contributed by atoms with Gasteiger partial charge in [0.15, 0.2) is 0 Å². The first kappa shape index (κ1) is 29.2. The molecule has 0 radical (unpaired) electrons. The molecule has 2 saturated heterocycles. The summed E-state index contributed by atoms with van der Waals surface area (Å²) in [6.07, 6.45) is 6.28. The number of nitrogens with one attached hydrogen (secondary N) is 3. The Morgan fingerprint density at radius 1 is 1.15 bits per heavy atom. The lowest BCUT2D eigenvalue weighted by molar-refractivity contribution is -0.146. The SMILES string of the molecule is COC(=O)C(C[C@@H]1CC(C)(C)NC1=O)NC(=O)[C@@H]1CC2(CCCCC2)CN1C(=O)c1cc2c(OC)ccc(Cl)c2[nH]1. The van der Waals surface area contributed by atoms with Crippen LogP contribution in [0.3, 0.4) is 0 Å². The van der Waals surface area contributed by atoms with Gasteiger partial charge in [-0.2, -0.15) is 0 Å². The fraction of sp³-hybridized carbons (Fsp3) is 0.600. The van der Waals surface area contributed by atoms with E-state index in [1.54, 1.807) is 30.2 Å². The first-order chi connectivity index (χ1) is 19.5. The molecule has 2 aromatic rings. The van der Waals surface area contributed by atoms with Gasteiger partial charge in [0.2, 0.25) is 11.8 Å². The van der Waals surface area contributed by atoms with Gasteiger partial charge in [0.1, 0.15) is 23.5 Å². The molecule has 3 aliphatic rings. The van der Waals surface area contributed by atoms with Crippen LogP contribution in [0.4, 0.5) is 0 Å². The second kappa shape index (κ2) is 11.2. The monoisotopic (exact) mass is 586 g/mol. The molecule has 2 aliphatic heterocycles. The van der Waals surface area contributed by atoms with Crippen molar-refractivity contribution in [1.29, 1.82) is 0 Å². The van der Waals surface area contributed by atoms with Crippen molar-refractivity contribution >= 4 is 46.2 Å². The number of benzene rings is 1. The van der Waals surface area contributed by atoms with Gasteiger partial charge in [0, 0.05) is 23.4 Å². The van der Waals surface area contributed by atoms with Crippen LogP contribution in [0.5, 0.6) is 5.75 Å². The number of nitrogens with zero attached hydrogens (tertiary/aromatic N) is 1. The van der Waals surface area contributed by atoms with Crippen LogP contribution >= 0.6 is 11.6 Å². The van der Waals surface area contributed by atoms with E-state index in [1.807, 2.05) is 13.8 Å². The van der Waals surface area contributed by atoms with Crippen LogP contribution in [-0.4, -0.2) is 72.0 Å². The molecule has 1 unspecified atom stereocenters. The molecule has 222 valence electrons. The molecule has 0 bridgehead atoms. The minimum atomic E-state index is -1.01. The molecular weight excluding hydrogens is 548 g/mol. The standard InChI is InChI=1S/C30H39ClN4O6/c1-29(2)14-17(25(36)34-29)12-21(28(39)41-4)33-26(37)22-15-30(10-6-5-7-11-30)16-35(22)27(38)20-13-18-23(40-3)9-8-19(31)24(18)32-20/h8-9,13,17,21-22,32H,5-7,10-12,14-16H2,1-4H3,(H,33,37)(H,34,36)/t17-,21?,22+/m1/s1. The van der Waals surface area contributed by atoms with Crippen molar-refractivity contribution < 1.29 is 28.7 Å². The van der Waals surface area contributed by atoms with Gasteiger partial charge < -0.3 is 30.0 Å². The Kier molecular flexibility index (Phi) is 7.98. The number of carbonyl (C=O) groups is 4. The van der Waals surface area contributed by atoms with Crippen molar-refractivity contribution in [2.75, 3.05) is 20.8 Å². The lowest BCUT2D eigenvalue weighted by Gasteiger charge is -2.32. The van der Waals surface area contributed by atoms with Crippen molar-refractivity contribution in [1.82, 2.24) is 20.5 Å². The van der Waals surface area contributed by atoms with E-state index in [0.29, 0.717) is 46.8 Å². The van der Waals surface area contributed by atoms with E-state index in [1.165, 1.54) is 7.11 Å². The van der Waals surface area contributed by atoms with Gasteiger partial charge in [-0.25, -0.2) is 4.79 Å². The number of hydrogen-bond donors (Lipinski definition) is 3. The third kappa shape index (κ3) is 5.76. The fourth-order valence-electron chi connectivity index (χ4n) is 7.07. The largest absolute Gasteiger partial charge is 0.496 e. The van der Waals surface area contributed by atoms with E-state index in [0.717, 1.165) is 32.1 Å². The topological polar surface area (TPSA) is 130 Å². The average Bonchev–Trinajstić information content (AvgIpc) is 3.62. The molecule has 11 heteroatoms. The van der Waals surface area contributed by atoms with Crippen molar-refractivity contribution in [2.45, 2.75) is 82.8 Å². The molecule has 10 nitrogen and oxygen atoms in total. The van der Waals surface area contributed by atoms with Crippen LogP contribution in [-0.2, 0) is 19.1 Å². The molecule has 3 heterocycles. The number of hydrogen-bond acceptors (Lipinski definition) is 6. The summed E-state index contributed by atoms with van der Waals surface area (Å²) in [4.78, 5) is 58.0. The third-order valence-electron chi connectivity index (χ3n) is 9.05. The van der Waals surface area contributed by atoms with Gasteiger partial charge >= 0.3 is 5.97 Å². The highest BCUT2D eigenvalue weighted by molar-refractivity contribution is 6.35. The summed E-state index contributed by atoms with van der Waals surface area (Å²) >= 11 is 6.41. The van der Waals surface area contributed by atoms with Crippen LogP contribution in [0.15, 0.2) is 18.2 Å². The molecule has 1 aromatic carbocycles. The number of carbonyl (C=O) groups excluding carboxylic acids is 4. The Hall–Kier alpha value is -3.27. The molecule has 3 atom stereocenters. The summed E-state index contributed by atoms with van der Waals surface area (Å²) in [5.41, 5.74) is 0.351. The molecule has 41 heavy (non-hydrogen) atoms. The maximum atomic E-state index is 14.0. The van der Waals surface area contributed by atoms with Crippen molar-refractivity contribution in [3.05, 3.63) is 28.9 Å². The maximum absolute atomic E-state index is 14.0. The number of amides is 3. The Morgan fingerprint density at radius 3 is 2.51 bits per heavy atom. The molecule has 1 saturated carbocycles. The number of likely N-dealkylation sites (tertiary alicyclic amines) is 1. The highest BCUT2D eigenvalue weighted by atomic mass is 35.5. The first-order valence-corrected chi connectivity index (χ1v) is 14.7. The second-order valence-corrected chi connectivity index (χ2v) is 12.9. The summed E-state index contributed by atoms with van der Waals surface area (Å²) in [5, 5.41) is 6.93. The number of ether oxygens (including phenoxy) is 2. The first-order valence-electron chi connectivity index (χ1n) is 14.3. The fourth-order valence-corrected chi connectivity index (χ4v) is 7.28. The normalized spacial score (nSPS) is 23.8. The number of H-pyrrole nitrogens is 1. The lowest BCUT2D eigenvalue weighted by Crippen LogP contribution is -2.51. The Balaban J connectivity index is 1.42. The van der Waals surface area contributed by atoms with E-state index in [2.05, 4.69) is 15.6 Å². The van der Waals surface area contributed by atoms with Crippen molar-refractivity contribution in [3.63, 3.8) is 0 Å². The third-order valence-corrected chi connectivity index (χ3v) is 9.37. The molecule has 3 N–H and O–H groups in total. The minimum Gasteiger partial charge on any atom is -0.496 e. The maximum Gasteiger partial charge on any atom is 0.328 e. The predicted octanol–water partition coefficient (Wildman–Crippen LogP) is 3.96. The second-order valence-electron chi connectivity index (χ2n) is 12.5. The molecule has 3 amide bonds. The molecule has 5 rings (SSSR count). The van der Waals surface area contributed by atoms with E-state index in [9.17, 15) is 19.2 Å². The lowest BCUT2D eigenvalue weighted by atomic mass is 9.72. The zero-order chi connectivity index (χ0) is 29.5. The van der Waals surface area contributed by atoms with Crippen LogP contribution in [0.25, 0.3) is 10.9 Å². The van der Waals surface area contributed by atoms with Crippen molar-refractivity contribution in [3.8, 4) is 5.75 Å². The zero-order valence-electron chi connectivity index (χ0n) is 24.1. The Bertz CT molecular complexity index is 1360. The van der Waals surface area contributed by atoms with Crippen LogP contribution < -0.4 is 15.4 Å². The molecule has 1 aromatic heterocycles.